The van der Waals surface area contributed by atoms with Crippen LogP contribution in [0.2, 0.25) is 0 Å². The number of para-hydroxylation sites is 1. The van der Waals surface area contributed by atoms with E-state index in [2.05, 4.69) is 20.9 Å². The molecule has 2 aromatic rings. The molecule has 3 atom stereocenters. The maximum Gasteiger partial charge on any atom is 0.242 e. The second-order valence-electron chi connectivity index (χ2n) is 7.18. The molecular formula is C21H27N5O3. The van der Waals surface area contributed by atoms with Gasteiger partial charge in [0, 0.05) is 25.2 Å². The minimum atomic E-state index is -0.652. The van der Waals surface area contributed by atoms with E-state index >= 15 is 0 Å². The predicted octanol–water partition coefficient (Wildman–Crippen LogP) is 0.903. The smallest absolute Gasteiger partial charge is 0.242 e. The number of nitrogen functional groups attached to an aromatic ring is 1. The van der Waals surface area contributed by atoms with Gasteiger partial charge >= 0.3 is 0 Å². The van der Waals surface area contributed by atoms with Gasteiger partial charge in [-0.05, 0) is 37.6 Å². The van der Waals surface area contributed by atoms with Gasteiger partial charge in [0.25, 0.3) is 0 Å². The molecule has 1 aromatic heterocycles. The van der Waals surface area contributed by atoms with Crippen molar-refractivity contribution in [2.75, 3.05) is 12.3 Å². The third kappa shape index (κ3) is 5.68. The van der Waals surface area contributed by atoms with Crippen molar-refractivity contribution in [1.82, 2.24) is 20.9 Å². The normalized spacial score (nSPS) is 19.4. The maximum absolute atomic E-state index is 12.5. The van der Waals surface area contributed by atoms with Crippen LogP contribution in [0.3, 0.4) is 0 Å². The van der Waals surface area contributed by atoms with E-state index in [9.17, 15) is 9.59 Å². The number of nitrogens with two attached hydrogens (primary N) is 1. The van der Waals surface area contributed by atoms with Crippen molar-refractivity contribution >= 4 is 17.6 Å². The third-order valence-corrected chi connectivity index (χ3v) is 4.87. The molecule has 1 fully saturated rings. The van der Waals surface area contributed by atoms with Crippen LogP contribution in [-0.4, -0.2) is 41.5 Å². The van der Waals surface area contributed by atoms with E-state index in [1.807, 2.05) is 43.3 Å². The first-order chi connectivity index (χ1) is 13.9. The summed E-state index contributed by atoms with van der Waals surface area (Å²) in [6.07, 6.45) is 0.462. The fraction of sp³-hybridized carbons (Fsp3) is 0.381. The van der Waals surface area contributed by atoms with Crippen molar-refractivity contribution in [2.24, 2.45) is 0 Å². The van der Waals surface area contributed by atoms with Gasteiger partial charge in [-0.15, -0.1) is 0 Å². The van der Waals surface area contributed by atoms with Crippen LogP contribution in [0, 0.1) is 6.92 Å². The highest BCUT2D eigenvalue weighted by molar-refractivity contribution is 5.89. The van der Waals surface area contributed by atoms with E-state index < -0.39 is 6.04 Å². The highest BCUT2D eigenvalue weighted by Gasteiger charge is 2.32. The van der Waals surface area contributed by atoms with Gasteiger partial charge in [0.15, 0.2) is 0 Å². The van der Waals surface area contributed by atoms with Crippen molar-refractivity contribution in [2.45, 2.75) is 45.0 Å². The number of pyridine rings is 1. The zero-order valence-electron chi connectivity index (χ0n) is 16.6. The number of nitrogens with zero attached hydrogens (tertiary/aromatic N) is 1. The molecule has 1 aliphatic rings. The molecule has 1 unspecified atom stereocenters. The largest absolute Gasteiger partial charge is 0.489 e. The monoisotopic (exact) mass is 397 g/mol. The molecular weight excluding hydrogens is 370 g/mol. The first-order valence-electron chi connectivity index (χ1n) is 9.67. The highest BCUT2D eigenvalue weighted by Crippen LogP contribution is 2.17. The Morgan fingerprint density at radius 2 is 2.03 bits per heavy atom. The number of aryl methyl sites for hydroxylation is 1. The Labute approximate surface area is 170 Å². The second-order valence-corrected chi connectivity index (χ2v) is 7.18. The molecule has 0 saturated carbocycles. The third-order valence-electron chi connectivity index (χ3n) is 4.87. The highest BCUT2D eigenvalue weighted by atomic mass is 16.5. The topological polar surface area (TPSA) is 118 Å². The summed E-state index contributed by atoms with van der Waals surface area (Å²) in [5.41, 5.74) is 7.28. The van der Waals surface area contributed by atoms with Gasteiger partial charge in [0.1, 0.15) is 23.7 Å². The zero-order valence-corrected chi connectivity index (χ0v) is 16.6. The summed E-state index contributed by atoms with van der Waals surface area (Å²) < 4.78 is 5.88. The van der Waals surface area contributed by atoms with Crippen LogP contribution in [0.1, 0.15) is 24.6 Å². The van der Waals surface area contributed by atoms with Crippen molar-refractivity contribution in [3.8, 4) is 5.75 Å². The number of carbonyl (C=O) groups is 2. The van der Waals surface area contributed by atoms with Crippen LogP contribution < -0.4 is 26.4 Å². The van der Waals surface area contributed by atoms with E-state index in [1.165, 1.54) is 0 Å². The summed E-state index contributed by atoms with van der Waals surface area (Å²) in [7, 11) is 0. The number of carbonyl (C=O) groups excluding carboxylic acids is 2. The fourth-order valence-corrected chi connectivity index (χ4v) is 3.20. The number of aromatic nitrogens is 1. The van der Waals surface area contributed by atoms with Crippen LogP contribution in [0.25, 0.3) is 0 Å². The summed E-state index contributed by atoms with van der Waals surface area (Å²) >= 11 is 0. The molecule has 8 heteroatoms. The zero-order chi connectivity index (χ0) is 20.8. The van der Waals surface area contributed by atoms with Gasteiger partial charge in [0.2, 0.25) is 11.8 Å². The Hall–Kier alpha value is -3.13. The molecule has 1 saturated heterocycles. The van der Waals surface area contributed by atoms with Crippen LogP contribution in [0.15, 0.2) is 42.5 Å². The molecule has 2 amide bonds. The van der Waals surface area contributed by atoms with E-state index in [1.54, 1.807) is 13.0 Å². The summed E-state index contributed by atoms with van der Waals surface area (Å²) in [5, 5.41) is 8.73. The number of nitrogens with one attached hydrogen (secondary N) is 3. The Morgan fingerprint density at radius 1 is 1.28 bits per heavy atom. The van der Waals surface area contributed by atoms with E-state index in [4.69, 9.17) is 10.5 Å². The lowest BCUT2D eigenvalue weighted by molar-refractivity contribution is -0.129. The van der Waals surface area contributed by atoms with Gasteiger partial charge in [-0.1, -0.05) is 24.3 Å². The molecule has 0 aliphatic carbocycles. The predicted molar refractivity (Wildman–Crippen MR) is 110 cm³/mol. The maximum atomic E-state index is 12.5. The number of benzene rings is 1. The van der Waals surface area contributed by atoms with Crippen LogP contribution >= 0.6 is 0 Å². The Kier molecular flexibility index (Phi) is 6.66. The van der Waals surface area contributed by atoms with Crippen LogP contribution in [0.4, 0.5) is 5.82 Å². The molecule has 29 heavy (non-hydrogen) atoms. The summed E-state index contributed by atoms with van der Waals surface area (Å²) in [5.74, 6) is 0.749. The van der Waals surface area contributed by atoms with Crippen molar-refractivity contribution in [3.05, 3.63) is 53.7 Å². The first kappa shape index (κ1) is 20.6. The number of hydrogen-bond donors (Lipinski definition) is 4. The Bertz CT molecular complexity index is 859. The van der Waals surface area contributed by atoms with Crippen molar-refractivity contribution < 1.29 is 14.3 Å². The molecule has 3 rings (SSSR count). The number of amides is 2. The van der Waals surface area contributed by atoms with Gasteiger partial charge < -0.3 is 26.4 Å². The van der Waals surface area contributed by atoms with E-state index in [-0.39, 0.29) is 24.0 Å². The summed E-state index contributed by atoms with van der Waals surface area (Å²) in [6, 6.07) is 12.0. The quantitative estimate of drug-likeness (QED) is 0.551. The molecule has 0 radical (unpaired) electrons. The Balaban J connectivity index is 1.44. The van der Waals surface area contributed by atoms with Gasteiger partial charge in [-0.25, -0.2) is 4.98 Å². The number of anilines is 1. The molecule has 154 valence electrons. The minimum Gasteiger partial charge on any atom is -0.489 e. The van der Waals surface area contributed by atoms with E-state index in [0.717, 1.165) is 17.0 Å². The number of ether oxygens (including phenoxy) is 1. The summed E-state index contributed by atoms with van der Waals surface area (Å²) in [6.45, 7) is 4.40. The lowest BCUT2D eigenvalue weighted by atomic mass is 10.1. The molecule has 5 N–H and O–H groups in total. The van der Waals surface area contributed by atoms with E-state index in [0.29, 0.717) is 25.3 Å². The SMILES string of the molecule is Cc1nc(N)ccc1CNC(=O)C(C)NC(=O)[C@H]1C[C@H](Oc2ccccc2)CN1. The molecule has 0 spiro atoms. The number of rotatable bonds is 7. The van der Waals surface area contributed by atoms with Crippen LogP contribution in [-0.2, 0) is 16.1 Å². The standard InChI is InChI=1S/C21H27N5O3/c1-13-15(8-9-19(22)25-13)11-24-20(27)14(2)26-21(28)18-10-17(12-23-18)29-16-6-4-3-5-7-16/h3-9,14,17-18,23H,10-12H2,1-2H3,(H2,22,25)(H,24,27)(H,26,28)/t14?,17-,18+/m0/s1. The van der Waals surface area contributed by atoms with Crippen molar-refractivity contribution in [1.29, 1.82) is 0 Å². The molecule has 8 nitrogen and oxygen atoms in total. The first-order valence-corrected chi connectivity index (χ1v) is 9.67. The second kappa shape index (κ2) is 9.38. The minimum absolute atomic E-state index is 0.0849. The molecule has 0 bridgehead atoms. The average Bonchev–Trinajstić information content (AvgIpc) is 3.16. The van der Waals surface area contributed by atoms with Crippen molar-refractivity contribution in [3.63, 3.8) is 0 Å². The van der Waals surface area contributed by atoms with Gasteiger partial charge in [-0.2, -0.15) is 0 Å². The average molecular weight is 397 g/mol. The molecule has 1 aliphatic heterocycles. The Morgan fingerprint density at radius 3 is 2.76 bits per heavy atom. The fourth-order valence-electron chi connectivity index (χ4n) is 3.20. The lowest BCUT2D eigenvalue weighted by Crippen LogP contribution is -2.50. The van der Waals surface area contributed by atoms with Gasteiger partial charge in [0.05, 0.1) is 6.04 Å². The van der Waals surface area contributed by atoms with Gasteiger partial charge in [-0.3, -0.25) is 9.59 Å². The molecule has 2 heterocycles. The molecule has 1 aromatic carbocycles. The van der Waals surface area contributed by atoms with Crippen LogP contribution in [0.5, 0.6) is 5.75 Å². The number of hydrogen-bond acceptors (Lipinski definition) is 6. The summed E-state index contributed by atoms with van der Waals surface area (Å²) in [4.78, 5) is 29.0. The lowest BCUT2D eigenvalue weighted by Gasteiger charge is -2.17.